The molecule has 0 spiro atoms. The summed E-state index contributed by atoms with van der Waals surface area (Å²) in [6, 6.07) is 9.23. The zero-order valence-corrected chi connectivity index (χ0v) is 10.4. The Balaban J connectivity index is 1.86. The maximum atomic E-state index is 12.6. The van der Waals surface area contributed by atoms with Crippen molar-refractivity contribution in [2.24, 2.45) is 0 Å². The van der Waals surface area contributed by atoms with Crippen molar-refractivity contribution in [3.05, 3.63) is 60.0 Å². The van der Waals surface area contributed by atoms with Crippen LogP contribution < -0.4 is 0 Å². The highest BCUT2D eigenvalue weighted by Gasteiger charge is 2.15. The van der Waals surface area contributed by atoms with Crippen molar-refractivity contribution >= 4 is 27.7 Å². The lowest BCUT2D eigenvalue weighted by Gasteiger charge is -2.00. The summed E-state index contributed by atoms with van der Waals surface area (Å²) in [5.41, 5.74) is 2.92. The van der Waals surface area contributed by atoms with Gasteiger partial charge in [0, 0.05) is 34.3 Å². The molecule has 0 aliphatic rings. The van der Waals surface area contributed by atoms with Crippen LogP contribution in [0.1, 0.15) is 15.9 Å². The van der Waals surface area contributed by atoms with Crippen LogP contribution in [-0.4, -0.2) is 25.9 Å². The zero-order valence-electron chi connectivity index (χ0n) is 10.4. The number of nitrogens with one attached hydrogen (secondary N) is 2. The van der Waals surface area contributed by atoms with E-state index in [2.05, 4.69) is 20.2 Å². The van der Waals surface area contributed by atoms with E-state index < -0.39 is 0 Å². The van der Waals surface area contributed by atoms with Gasteiger partial charge in [0.2, 0.25) is 0 Å². The van der Waals surface area contributed by atoms with E-state index in [1.54, 1.807) is 24.7 Å². The Hall–Kier alpha value is -2.95. The number of pyridine rings is 1. The average molecular weight is 262 g/mol. The Morgan fingerprint density at radius 3 is 3.10 bits per heavy atom. The predicted octanol–water partition coefficient (Wildman–Crippen LogP) is 2.67. The van der Waals surface area contributed by atoms with Gasteiger partial charge in [0.15, 0.2) is 5.78 Å². The zero-order chi connectivity index (χ0) is 13.5. The highest BCUT2D eigenvalue weighted by molar-refractivity contribution is 6.16. The molecule has 20 heavy (non-hydrogen) atoms. The van der Waals surface area contributed by atoms with Gasteiger partial charge in [0.05, 0.1) is 11.7 Å². The molecule has 3 aromatic heterocycles. The second kappa shape index (κ2) is 4.03. The van der Waals surface area contributed by atoms with E-state index in [0.29, 0.717) is 11.1 Å². The molecule has 0 atom stereocenters. The summed E-state index contributed by atoms with van der Waals surface area (Å²) in [6.45, 7) is 0. The van der Waals surface area contributed by atoms with Crippen molar-refractivity contribution in [1.29, 1.82) is 0 Å². The van der Waals surface area contributed by atoms with Crippen LogP contribution in [0.25, 0.3) is 21.9 Å². The maximum Gasteiger partial charge on any atom is 0.195 e. The van der Waals surface area contributed by atoms with Crippen LogP contribution in [-0.2, 0) is 0 Å². The molecule has 1 aromatic carbocycles. The van der Waals surface area contributed by atoms with Gasteiger partial charge in [-0.25, -0.2) is 4.98 Å². The summed E-state index contributed by atoms with van der Waals surface area (Å²) in [4.78, 5) is 19.8. The number of carbonyl (C=O) groups excluding carboxylic acids is 1. The van der Waals surface area contributed by atoms with Crippen LogP contribution in [0.4, 0.5) is 0 Å². The number of fused-ring (bicyclic) bond motifs is 2. The van der Waals surface area contributed by atoms with Gasteiger partial charge in [0.1, 0.15) is 5.65 Å². The van der Waals surface area contributed by atoms with Crippen LogP contribution in [0.3, 0.4) is 0 Å². The van der Waals surface area contributed by atoms with E-state index in [1.807, 2.05) is 24.3 Å². The third kappa shape index (κ3) is 1.53. The van der Waals surface area contributed by atoms with Gasteiger partial charge >= 0.3 is 0 Å². The summed E-state index contributed by atoms with van der Waals surface area (Å²) < 4.78 is 0. The van der Waals surface area contributed by atoms with E-state index in [4.69, 9.17) is 0 Å². The number of H-pyrrole nitrogens is 2. The molecule has 0 radical (unpaired) electrons. The highest BCUT2D eigenvalue weighted by atomic mass is 16.1. The molecule has 0 saturated heterocycles. The fourth-order valence-corrected chi connectivity index (χ4v) is 2.38. The number of ketones is 1. The number of aromatic amines is 2. The lowest BCUT2D eigenvalue weighted by atomic mass is 10.0. The number of nitrogens with zero attached hydrogens (tertiary/aromatic N) is 2. The largest absolute Gasteiger partial charge is 0.345 e. The summed E-state index contributed by atoms with van der Waals surface area (Å²) in [7, 11) is 0. The SMILES string of the molecule is O=C(c1ccc2[nH]ncc2c1)c1c[nH]c2ncccc12. The van der Waals surface area contributed by atoms with Gasteiger partial charge in [-0.3, -0.25) is 9.89 Å². The Morgan fingerprint density at radius 2 is 2.15 bits per heavy atom. The fraction of sp³-hybridized carbons (Fsp3) is 0. The van der Waals surface area contributed by atoms with E-state index in [0.717, 1.165) is 21.9 Å². The minimum atomic E-state index is -0.0210. The van der Waals surface area contributed by atoms with Gasteiger partial charge in [-0.1, -0.05) is 0 Å². The van der Waals surface area contributed by atoms with E-state index in [-0.39, 0.29) is 5.78 Å². The Labute approximate surface area is 113 Å². The summed E-state index contributed by atoms with van der Waals surface area (Å²) >= 11 is 0. The molecule has 4 rings (SSSR count). The molecule has 2 N–H and O–H groups in total. The summed E-state index contributed by atoms with van der Waals surface area (Å²) in [6.07, 6.45) is 5.12. The van der Waals surface area contributed by atoms with Gasteiger partial charge < -0.3 is 4.98 Å². The molecule has 0 bridgehead atoms. The monoisotopic (exact) mass is 262 g/mol. The van der Waals surface area contributed by atoms with Crippen LogP contribution >= 0.6 is 0 Å². The molecule has 5 heteroatoms. The van der Waals surface area contributed by atoms with Gasteiger partial charge in [-0.2, -0.15) is 5.10 Å². The Morgan fingerprint density at radius 1 is 1.20 bits per heavy atom. The Kier molecular flexibility index (Phi) is 2.20. The molecule has 3 heterocycles. The van der Waals surface area contributed by atoms with E-state index in [1.165, 1.54) is 0 Å². The molecule has 0 fully saturated rings. The molecule has 0 amide bonds. The third-order valence-electron chi connectivity index (χ3n) is 3.40. The molecule has 0 aliphatic heterocycles. The lowest BCUT2D eigenvalue weighted by Crippen LogP contribution is -2.00. The summed E-state index contributed by atoms with van der Waals surface area (Å²) in [5, 5.41) is 8.60. The van der Waals surface area contributed by atoms with Crippen LogP contribution in [0.15, 0.2) is 48.9 Å². The van der Waals surface area contributed by atoms with E-state index in [9.17, 15) is 4.79 Å². The van der Waals surface area contributed by atoms with Crippen molar-refractivity contribution in [3.8, 4) is 0 Å². The first kappa shape index (κ1) is 10.9. The third-order valence-corrected chi connectivity index (χ3v) is 3.40. The molecule has 4 aromatic rings. The van der Waals surface area contributed by atoms with Crippen LogP contribution in [0.2, 0.25) is 0 Å². The minimum absolute atomic E-state index is 0.0210. The average Bonchev–Trinajstić information content (AvgIpc) is 3.12. The first-order valence-electron chi connectivity index (χ1n) is 6.23. The highest BCUT2D eigenvalue weighted by Crippen LogP contribution is 2.21. The lowest BCUT2D eigenvalue weighted by molar-refractivity contribution is 0.104. The number of hydrogen-bond donors (Lipinski definition) is 2. The minimum Gasteiger partial charge on any atom is -0.345 e. The first-order valence-corrected chi connectivity index (χ1v) is 6.23. The first-order chi connectivity index (χ1) is 9.83. The summed E-state index contributed by atoms with van der Waals surface area (Å²) in [5.74, 6) is -0.0210. The number of carbonyl (C=O) groups is 1. The second-order valence-corrected chi connectivity index (χ2v) is 4.60. The molecule has 0 saturated carbocycles. The standard InChI is InChI=1S/C15H10N4O/c20-14(9-3-4-13-10(6-9)7-18-19-13)12-8-17-15-11(12)2-1-5-16-15/h1-8H,(H,16,17)(H,18,19). The smallest absolute Gasteiger partial charge is 0.195 e. The fourth-order valence-electron chi connectivity index (χ4n) is 2.38. The molecular weight excluding hydrogens is 252 g/mol. The Bertz CT molecular complexity index is 935. The maximum absolute atomic E-state index is 12.6. The molecular formula is C15H10N4O. The normalized spacial score (nSPS) is 11.2. The van der Waals surface area contributed by atoms with Crippen LogP contribution in [0, 0.1) is 0 Å². The van der Waals surface area contributed by atoms with Crippen molar-refractivity contribution in [1.82, 2.24) is 20.2 Å². The topological polar surface area (TPSA) is 74.4 Å². The van der Waals surface area contributed by atoms with Crippen molar-refractivity contribution in [2.45, 2.75) is 0 Å². The number of hydrogen-bond acceptors (Lipinski definition) is 3. The molecule has 0 aliphatic carbocycles. The number of aromatic nitrogens is 4. The predicted molar refractivity (Wildman–Crippen MR) is 75.6 cm³/mol. The van der Waals surface area contributed by atoms with Gasteiger partial charge in [0.25, 0.3) is 0 Å². The van der Waals surface area contributed by atoms with Crippen molar-refractivity contribution in [3.63, 3.8) is 0 Å². The van der Waals surface area contributed by atoms with E-state index >= 15 is 0 Å². The van der Waals surface area contributed by atoms with Gasteiger partial charge in [-0.05, 0) is 30.3 Å². The molecule has 96 valence electrons. The molecule has 5 nitrogen and oxygen atoms in total. The molecule has 0 unspecified atom stereocenters. The van der Waals surface area contributed by atoms with Crippen molar-refractivity contribution in [2.75, 3.05) is 0 Å². The van der Waals surface area contributed by atoms with Crippen LogP contribution in [0.5, 0.6) is 0 Å². The number of rotatable bonds is 2. The van der Waals surface area contributed by atoms with Crippen molar-refractivity contribution < 1.29 is 4.79 Å². The second-order valence-electron chi connectivity index (χ2n) is 4.60. The quantitative estimate of drug-likeness (QED) is 0.545. The number of benzene rings is 1. The van der Waals surface area contributed by atoms with Gasteiger partial charge in [-0.15, -0.1) is 0 Å².